The van der Waals surface area contributed by atoms with E-state index in [0.717, 1.165) is 5.69 Å². The number of aromatic nitrogens is 1. The van der Waals surface area contributed by atoms with E-state index in [1.54, 1.807) is 13.0 Å². The number of carbonyl (C=O) groups excluding carboxylic acids is 2. The first-order valence-electron chi connectivity index (χ1n) is 6.88. The van der Waals surface area contributed by atoms with Gasteiger partial charge in [-0.1, -0.05) is 0 Å². The Morgan fingerprint density at radius 2 is 1.95 bits per heavy atom. The van der Waals surface area contributed by atoms with Gasteiger partial charge in [-0.25, -0.2) is 4.79 Å². The maximum atomic E-state index is 11.8. The fraction of sp³-hybridized carbons (Fsp3) is 0.600. The predicted molar refractivity (Wildman–Crippen MR) is 75.5 cm³/mol. The smallest absolute Gasteiger partial charge is 0.355 e. The Balaban J connectivity index is 2.43. The van der Waals surface area contributed by atoms with Gasteiger partial charge in [-0.05, 0) is 52.7 Å². The topological polar surface area (TPSA) is 68.4 Å². The number of aryl methyl sites for hydroxylation is 1. The molecular formula is C15H23NO4. The average Bonchev–Trinajstić information content (AvgIpc) is 2.76. The van der Waals surface area contributed by atoms with Gasteiger partial charge < -0.3 is 14.5 Å². The Bertz CT molecular complexity index is 457. The van der Waals surface area contributed by atoms with Crippen molar-refractivity contribution < 1.29 is 19.1 Å². The summed E-state index contributed by atoms with van der Waals surface area (Å²) in [6.07, 6.45) is 1.77. The first-order chi connectivity index (χ1) is 9.31. The summed E-state index contributed by atoms with van der Waals surface area (Å²) in [7, 11) is 0. The molecular weight excluding hydrogens is 258 g/mol. The van der Waals surface area contributed by atoms with Crippen LogP contribution in [-0.2, 0) is 20.7 Å². The van der Waals surface area contributed by atoms with Crippen LogP contribution in [0.2, 0.25) is 0 Å². The Kier molecular flexibility index (Phi) is 5.80. The molecule has 0 bridgehead atoms. The van der Waals surface area contributed by atoms with E-state index in [1.807, 2.05) is 26.8 Å². The molecule has 0 amide bonds. The van der Waals surface area contributed by atoms with Crippen LogP contribution in [0.25, 0.3) is 0 Å². The van der Waals surface area contributed by atoms with Gasteiger partial charge in [0, 0.05) is 12.1 Å². The summed E-state index contributed by atoms with van der Waals surface area (Å²) >= 11 is 0. The lowest BCUT2D eigenvalue weighted by Crippen LogP contribution is -2.24. The molecule has 1 aromatic heterocycles. The van der Waals surface area contributed by atoms with Gasteiger partial charge in [-0.3, -0.25) is 4.79 Å². The number of ether oxygens (including phenoxy) is 2. The minimum absolute atomic E-state index is 0.188. The van der Waals surface area contributed by atoms with Crippen molar-refractivity contribution in [3.63, 3.8) is 0 Å². The lowest BCUT2D eigenvalue weighted by Gasteiger charge is -2.18. The molecule has 0 saturated carbocycles. The minimum atomic E-state index is -0.508. The molecule has 0 aliphatic carbocycles. The lowest BCUT2D eigenvalue weighted by molar-refractivity contribution is -0.143. The lowest BCUT2D eigenvalue weighted by atomic mass is 10.2. The van der Waals surface area contributed by atoms with Crippen LogP contribution in [0.15, 0.2) is 12.1 Å². The first-order valence-corrected chi connectivity index (χ1v) is 6.88. The number of aromatic amines is 1. The van der Waals surface area contributed by atoms with Crippen molar-refractivity contribution >= 4 is 11.9 Å². The molecule has 1 aromatic rings. The van der Waals surface area contributed by atoms with Gasteiger partial charge in [0.2, 0.25) is 0 Å². The van der Waals surface area contributed by atoms with E-state index >= 15 is 0 Å². The molecule has 1 N–H and O–H groups in total. The van der Waals surface area contributed by atoms with Crippen LogP contribution >= 0.6 is 0 Å². The van der Waals surface area contributed by atoms with E-state index in [2.05, 4.69) is 4.98 Å². The van der Waals surface area contributed by atoms with Gasteiger partial charge >= 0.3 is 11.9 Å². The van der Waals surface area contributed by atoms with Crippen LogP contribution < -0.4 is 0 Å². The predicted octanol–water partition coefficient (Wildman–Crippen LogP) is 2.86. The summed E-state index contributed by atoms with van der Waals surface area (Å²) in [5.74, 6) is -0.555. The van der Waals surface area contributed by atoms with Gasteiger partial charge in [0.25, 0.3) is 0 Å². The minimum Gasteiger partial charge on any atom is -0.466 e. The van der Waals surface area contributed by atoms with Crippen molar-refractivity contribution in [2.45, 2.75) is 52.6 Å². The largest absolute Gasteiger partial charge is 0.466 e. The van der Waals surface area contributed by atoms with Crippen LogP contribution in [0.3, 0.4) is 0 Å². The third-order valence-corrected chi connectivity index (χ3v) is 2.50. The van der Waals surface area contributed by atoms with E-state index in [4.69, 9.17) is 9.47 Å². The summed E-state index contributed by atoms with van der Waals surface area (Å²) in [4.78, 5) is 26.0. The highest BCUT2D eigenvalue weighted by Crippen LogP contribution is 2.13. The molecule has 1 rings (SSSR count). The number of H-pyrrole nitrogens is 1. The zero-order chi connectivity index (χ0) is 15.2. The van der Waals surface area contributed by atoms with E-state index in [-0.39, 0.29) is 11.9 Å². The molecule has 0 saturated heterocycles. The monoisotopic (exact) mass is 281 g/mol. The molecule has 1 heterocycles. The maximum Gasteiger partial charge on any atom is 0.355 e. The second-order valence-electron chi connectivity index (χ2n) is 5.56. The van der Waals surface area contributed by atoms with Crippen LogP contribution in [0, 0.1) is 0 Å². The molecule has 5 heteroatoms. The number of carbonyl (C=O) groups is 2. The molecule has 5 nitrogen and oxygen atoms in total. The van der Waals surface area contributed by atoms with E-state index < -0.39 is 5.60 Å². The van der Waals surface area contributed by atoms with Crippen molar-refractivity contribution in [3.8, 4) is 0 Å². The summed E-state index contributed by atoms with van der Waals surface area (Å²) in [6.45, 7) is 7.68. The maximum absolute atomic E-state index is 11.8. The highest BCUT2D eigenvalue weighted by Gasteiger charge is 2.18. The number of hydrogen-bond acceptors (Lipinski definition) is 4. The second-order valence-corrected chi connectivity index (χ2v) is 5.56. The van der Waals surface area contributed by atoms with Crippen molar-refractivity contribution in [2.75, 3.05) is 6.61 Å². The molecule has 0 spiro atoms. The van der Waals surface area contributed by atoms with Gasteiger partial charge in [-0.15, -0.1) is 0 Å². The molecule has 0 fully saturated rings. The molecule has 112 valence electrons. The SMILES string of the molecule is CCOC(=O)CCCc1ccc(C(=O)OC(C)(C)C)[nH]1. The Hall–Kier alpha value is -1.78. The molecule has 0 aliphatic heterocycles. The quantitative estimate of drug-likeness (QED) is 0.814. The Morgan fingerprint density at radius 1 is 1.25 bits per heavy atom. The van der Waals surface area contributed by atoms with Gasteiger partial charge in [0.15, 0.2) is 0 Å². The molecule has 0 radical (unpaired) electrons. The van der Waals surface area contributed by atoms with Crippen molar-refractivity contribution in [1.82, 2.24) is 4.98 Å². The van der Waals surface area contributed by atoms with Crippen LogP contribution in [0.4, 0.5) is 0 Å². The van der Waals surface area contributed by atoms with Gasteiger partial charge in [0.1, 0.15) is 11.3 Å². The Labute approximate surface area is 119 Å². The Morgan fingerprint density at radius 3 is 2.55 bits per heavy atom. The zero-order valence-corrected chi connectivity index (χ0v) is 12.6. The van der Waals surface area contributed by atoms with E-state index in [0.29, 0.717) is 31.6 Å². The van der Waals surface area contributed by atoms with Crippen LogP contribution in [0.5, 0.6) is 0 Å². The molecule has 0 aromatic carbocycles. The summed E-state index contributed by atoms with van der Waals surface area (Å²) in [5.41, 5.74) is 0.841. The average molecular weight is 281 g/mol. The van der Waals surface area contributed by atoms with Gasteiger partial charge in [0.05, 0.1) is 6.61 Å². The third kappa shape index (κ3) is 5.91. The van der Waals surface area contributed by atoms with E-state index in [1.165, 1.54) is 0 Å². The standard InChI is InChI=1S/C15H23NO4/c1-5-19-13(17)8-6-7-11-9-10-12(16-11)14(18)20-15(2,3)4/h9-10,16H,5-8H2,1-4H3. The number of nitrogens with one attached hydrogen (secondary N) is 1. The van der Waals surface area contributed by atoms with Crippen LogP contribution in [0.1, 0.15) is 56.7 Å². The second kappa shape index (κ2) is 7.12. The molecule has 0 unspecified atom stereocenters. The first kappa shape index (κ1) is 16.3. The fourth-order valence-electron chi connectivity index (χ4n) is 1.69. The summed E-state index contributed by atoms with van der Waals surface area (Å²) in [6, 6.07) is 3.54. The van der Waals surface area contributed by atoms with Gasteiger partial charge in [-0.2, -0.15) is 0 Å². The zero-order valence-electron chi connectivity index (χ0n) is 12.6. The third-order valence-electron chi connectivity index (χ3n) is 2.50. The highest BCUT2D eigenvalue weighted by atomic mass is 16.6. The normalized spacial score (nSPS) is 11.2. The molecule has 20 heavy (non-hydrogen) atoms. The fourth-order valence-corrected chi connectivity index (χ4v) is 1.69. The number of rotatable bonds is 6. The van der Waals surface area contributed by atoms with Crippen molar-refractivity contribution in [2.24, 2.45) is 0 Å². The van der Waals surface area contributed by atoms with Crippen LogP contribution in [-0.4, -0.2) is 29.1 Å². The van der Waals surface area contributed by atoms with E-state index in [9.17, 15) is 9.59 Å². The number of esters is 2. The van der Waals surface area contributed by atoms with Crippen molar-refractivity contribution in [3.05, 3.63) is 23.5 Å². The molecule has 0 aliphatic rings. The highest BCUT2D eigenvalue weighted by molar-refractivity contribution is 5.87. The molecule has 0 atom stereocenters. The summed E-state index contributed by atoms with van der Waals surface area (Å²) < 4.78 is 10.1. The van der Waals surface area contributed by atoms with Crippen molar-refractivity contribution in [1.29, 1.82) is 0 Å². The number of hydrogen-bond donors (Lipinski definition) is 1. The summed E-state index contributed by atoms with van der Waals surface area (Å²) in [5, 5.41) is 0.